The highest BCUT2D eigenvalue weighted by Crippen LogP contribution is 2.14. The van der Waals surface area contributed by atoms with Crippen molar-refractivity contribution in [1.29, 1.82) is 0 Å². The summed E-state index contributed by atoms with van der Waals surface area (Å²) in [6, 6.07) is 0. The van der Waals surface area contributed by atoms with Crippen molar-refractivity contribution < 1.29 is 0 Å². The third kappa shape index (κ3) is 4.14. The zero-order chi connectivity index (χ0) is 8.15. The summed E-state index contributed by atoms with van der Waals surface area (Å²) < 4.78 is 0. The normalized spacial score (nSPS) is 7.73. The maximum atomic E-state index is 4.23. The molecule has 1 nitrogen and oxygen atoms in total. The third-order valence-electron chi connectivity index (χ3n) is 1.14. The minimum Gasteiger partial charge on any atom is -0.247 e. The van der Waals surface area contributed by atoms with E-state index >= 15 is 0 Å². The van der Waals surface area contributed by atoms with Crippen LogP contribution in [0, 0.1) is 20.8 Å². The van der Waals surface area contributed by atoms with E-state index in [4.69, 9.17) is 0 Å². The molecule has 1 heterocycles. The van der Waals surface area contributed by atoms with Crippen molar-refractivity contribution in [3.8, 4) is 0 Å². The fourth-order valence-electron chi connectivity index (χ4n) is 0.633. The van der Waals surface area contributed by atoms with Gasteiger partial charge in [0, 0.05) is 4.88 Å². The molecule has 0 atom stereocenters. The molecular formula is C9H19NS. The van der Waals surface area contributed by atoms with Crippen LogP contribution in [-0.4, -0.2) is 4.98 Å². The van der Waals surface area contributed by atoms with E-state index in [2.05, 4.69) is 11.9 Å². The van der Waals surface area contributed by atoms with E-state index in [0.717, 1.165) is 0 Å². The van der Waals surface area contributed by atoms with Gasteiger partial charge in [-0.25, -0.2) is 4.98 Å². The lowest BCUT2D eigenvalue weighted by Gasteiger charge is -1.77. The van der Waals surface area contributed by atoms with Gasteiger partial charge >= 0.3 is 0 Å². The Morgan fingerprint density at radius 1 is 1.09 bits per heavy atom. The van der Waals surface area contributed by atoms with Crippen LogP contribution in [0.4, 0.5) is 0 Å². The second-order valence-corrected chi connectivity index (χ2v) is 3.28. The zero-order valence-corrected chi connectivity index (χ0v) is 8.17. The van der Waals surface area contributed by atoms with Gasteiger partial charge < -0.3 is 0 Å². The molecule has 1 aromatic rings. The summed E-state index contributed by atoms with van der Waals surface area (Å²) in [6.07, 6.45) is 0. The molecule has 11 heavy (non-hydrogen) atoms. The zero-order valence-electron chi connectivity index (χ0n) is 7.36. The fourth-order valence-corrected chi connectivity index (χ4v) is 1.45. The van der Waals surface area contributed by atoms with Gasteiger partial charge in [0.1, 0.15) is 0 Å². The number of rotatable bonds is 0. The van der Waals surface area contributed by atoms with Gasteiger partial charge in [-0.3, -0.25) is 0 Å². The van der Waals surface area contributed by atoms with Gasteiger partial charge in [-0.05, 0) is 20.8 Å². The molecule has 0 bridgehead atoms. The third-order valence-corrected chi connectivity index (χ3v) is 2.12. The molecule has 0 spiro atoms. The van der Waals surface area contributed by atoms with Crippen molar-refractivity contribution in [3.63, 3.8) is 0 Å². The summed E-state index contributed by atoms with van der Waals surface area (Å²) in [5.41, 5.74) is 1.17. The summed E-state index contributed by atoms with van der Waals surface area (Å²) >= 11 is 1.76. The molecule has 0 aliphatic rings. The molecule has 0 amide bonds. The Kier molecular flexibility index (Phi) is 7.64. The summed E-state index contributed by atoms with van der Waals surface area (Å²) in [7, 11) is 0. The van der Waals surface area contributed by atoms with Crippen LogP contribution in [0.25, 0.3) is 0 Å². The largest absolute Gasteiger partial charge is 0.247 e. The van der Waals surface area contributed by atoms with Crippen molar-refractivity contribution in [1.82, 2.24) is 4.98 Å². The number of aromatic nitrogens is 1. The molecule has 0 aliphatic carbocycles. The number of aryl methyl sites for hydroxylation is 3. The molecular weight excluding hydrogens is 154 g/mol. The van der Waals surface area contributed by atoms with Crippen LogP contribution in [0.3, 0.4) is 0 Å². The quantitative estimate of drug-likeness (QED) is 0.582. The standard InChI is InChI=1S/C6H9NS.C2H6.CH4/c1-4-5(2)8-6(3)7-4;1-2;/h1-3H3;1-2H3;1H4. The molecule has 0 fully saturated rings. The van der Waals surface area contributed by atoms with Gasteiger partial charge in [-0.15, -0.1) is 11.3 Å². The maximum Gasteiger partial charge on any atom is 0.0899 e. The highest BCUT2D eigenvalue weighted by molar-refractivity contribution is 7.11. The topological polar surface area (TPSA) is 12.9 Å². The number of nitrogens with zero attached hydrogens (tertiary/aromatic N) is 1. The first kappa shape index (κ1) is 13.2. The van der Waals surface area contributed by atoms with E-state index in [1.54, 1.807) is 11.3 Å². The molecule has 0 unspecified atom stereocenters. The lowest BCUT2D eigenvalue weighted by molar-refractivity contribution is 1.18. The van der Waals surface area contributed by atoms with Crippen LogP contribution < -0.4 is 0 Å². The van der Waals surface area contributed by atoms with Gasteiger partial charge in [-0.1, -0.05) is 21.3 Å². The Hall–Kier alpha value is -0.370. The SMILES string of the molecule is C.CC.Cc1nc(C)c(C)s1. The van der Waals surface area contributed by atoms with Gasteiger partial charge in [-0.2, -0.15) is 0 Å². The molecule has 0 saturated heterocycles. The molecule has 1 rings (SSSR count). The highest BCUT2D eigenvalue weighted by Gasteiger charge is 1.95. The monoisotopic (exact) mass is 173 g/mol. The lowest BCUT2D eigenvalue weighted by atomic mass is 10.4. The van der Waals surface area contributed by atoms with E-state index in [1.165, 1.54) is 15.6 Å². The summed E-state index contributed by atoms with van der Waals surface area (Å²) in [5.74, 6) is 0. The molecule has 0 N–H and O–H groups in total. The lowest BCUT2D eigenvalue weighted by Crippen LogP contribution is -1.71. The minimum atomic E-state index is 0. The summed E-state index contributed by atoms with van der Waals surface area (Å²) in [5, 5.41) is 1.17. The van der Waals surface area contributed by atoms with Crippen molar-refractivity contribution in [2.75, 3.05) is 0 Å². The van der Waals surface area contributed by atoms with Crippen LogP contribution in [0.2, 0.25) is 0 Å². The Morgan fingerprint density at radius 3 is 1.64 bits per heavy atom. The second kappa shape index (κ2) is 6.35. The fraction of sp³-hybridized carbons (Fsp3) is 0.667. The molecule has 2 heteroatoms. The Labute approximate surface area is 74.5 Å². The summed E-state index contributed by atoms with van der Waals surface area (Å²) in [6.45, 7) is 10.2. The van der Waals surface area contributed by atoms with E-state index in [9.17, 15) is 0 Å². The first-order chi connectivity index (χ1) is 4.70. The number of hydrogen-bond donors (Lipinski definition) is 0. The molecule has 0 saturated carbocycles. The Morgan fingerprint density at radius 2 is 1.55 bits per heavy atom. The maximum absolute atomic E-state index is 4.23. The van der Waals surface area contributed by atoms with Crippen LogP contribution in [0.15, 0.2) is 0 Å². The van der Waals surface area contributed by atoms with Crippen molar-refractivity contribution >= 4 is 11.3 Å². The summed E-state index contributed by atoms with van der Waals surface area (Å²) in [4.78, 5) is 5.56. The van der Waals surface area contributed by atoms with E-state index in [-0.39, 0.29) is 7.43 Å². The van der Waals surface area contributed by atoms with Crippen LogP contribution >= 0.6 is 11.3 Å². The van der Waals surface area contributed by atoms with Gasteiger partial charge in [0.2, 0.25) is 0 Å². The first-order valence-corrected chi connectivity index (χ1v) is 4.42. The van der Waals surface area contributed by atoms with Crippen LogP contribution in [-0.2, 0) is 0 Å². The van der Waals surface area contributed by atoms with E-state index in [1.807, 2.05) is 27.7 Å². The van der Waals surface area contributed by atoms with Gasteiger partial charge in [0.15, 0.2) is 0 Å². The Balaban J connectivity index is 0. The van der Waals surface area contributed by atoms with E-state index in [0.29, 0.717) is 0 Å². The van der Waals surface area contributed by atoms with Crippen molar-refractivity contribution in [3.05, 3.63) is 15.6 Å². The van der Waals surface area contributed by atoms with Gasteiger partial charge in [0.05, 0.1) is 10.7 Å². The average molecular weight is 173 g/mol. The molecule has 1 aromatic heterocycles. The van der Waals surface area contributed by atoms with Crippen molar-refractivity contribution in [2.24, 2.45) is 0 Å². The minimum absolute atomic E-state index is 0. The predicted octanol–water partition coefficient (Wildman–Crippen LogP) is 3.73. The molecule has 0 aromatic carbocycles. The number of hydrogen-bond acceptors (Lipinski definition) is 2. The molecule has 0 radical (unpaired) electrons. The Bertz CT molecular complexity index is 172. The second-order valence-electron chi connectivity index (χ2n) is 1.87. The molecule has 66 valence electrons. The predicted molar refractivity (Wildman–Crippen MR) is 54.4 cm³/mol. The number of thiazole rings is 1. The van der Waals surface area contributed by atoms with Crippen LogP contribution in [0.5, 0.6) is 0 Å². The average Bonchev–Trinajstić information content (AvgIpc) is 2.16. The van der Waals surface area contributed by atoms with Crippen LogP contribution in [0.1, 0.15) is 36.9 Å². The van der Waals surface area contributed by atoms with Crippen molar-refractivity contribution in [2.45, 2.75) is 42.0 Å². The smallest absolute Gasteiger partial charge is 0.0899 e. The van der Waals surface area contributed by atoms with E-state index < -0.39 is 0 Å². The highest BCUT2D eigenvalue weighted by atomic mass is 32.1. The van der Waals surface area contributed by atoms with Gasteiger partial charge in [0.25, 0.3) is 0 Å². The molecule has 0 aliphatic heterocycles. The first-order valence-electron chi connectivity index (χ1n) is 3.61.